The van der Waals surface area contributed by atoms with E-state index >= 15 is 0 Å². The highest BCUT2D eigenvalue weighted by Crippen LogP contribution is 2.23. The number of hydrogen-bond acceptors (Lipinski definition) is 5. The molecular formula is C26H24N2O5. The summed E-state index contributed by atoms with van der Waals surface area (Å²) in [6.07, 6.45) is 0.842. The number of nitrogens with zero attached hydrogens (tertiary/aromatic N) is 2. The lowest BCUT2D eigenvalue weighted by molar-refractivity contribution is 0.0474. The molecule has 2 heterocycles. The molecule has 1 aliphatic heterocycles. The van der Waals surface area contributed by atoms with E-state index in [1.807, 2.05) is 38.1 Å². The van der Waals surface area contributed by atoms with Gasteiger partial charge in [-0.05, 0) is 50.1 Å². The van der Waals surface area contributed by atoms with Crippen LogP contribution in [-0.4, -0.2) is 46.7 Å². The lowest BCUT2D eigenvalue weighted by Crippen LogP contribution is -2.24. The molecule has 0 bridgehead atoms. The predicted octanol–water partition coefficient (Wildman–Crippen LogP) is 3.61. The Bertz CT molecular complexity index is 1270. The summed E-state index contributed by atoms with van der Waals surface area (Å²) in [7, 11) is 1.39. The maximum absolute atomic E-state index is 12.8. The normalized spacial score (nSPS) is 12.8. The standard InChI is InChI=1S/C26H24N2O5/c1-16-13-21(17(2)28(16)12-11-18-7-5-4-6-8-18)23(29)15-33-26(32)19-9-10-20-22(14-19)25(31)27(3)24(20)30/h4-10,13-14H,11-12,15H2,1-3H3. The fourth-order valence-corrected chi connectivity index (χ4v) is 4.09. The van der Waals surface area contributed by atoms with Crippen molar-refractivity contribution in [2.45, 2.75) is 26.8 Å². The highest BCUT2D eigenvalue weighted by Gasteiger charge is 2.33. The highest BCUT2D eigenvalue weighted by molar-refractivity contribution is 6.21. The van der Waals surface area contributed by atoms with Crippen molar-refractivity contribution in [3.8, 4) is 0 Å². The van der Waals surface area contributed by atoms with E-state index in [1.165, 1.54) is 30.8 Å². The van der Waals surface area contributed by atoms with Crippen LogP contribution in [0.1, 0.15) is 58.4 Å². The SMILES string of the molecule is Cc1cc(C(=O)COC(=O)c2ccc3c(c2)C(=O)N(C)C3=O)c(C)n1CCc1ccccc1. The zero-order valence-corrected chi connectivity index (χ0v) is 18.8. The molecular weight excluding hydrogens is 420 g/mol. The summed E-state index contributed by atoms with van der Waals surface area (Å²) >= 11 is 0. The number of fused-ring (bicyclic) bond motifs is 1. The summed E-state index contributed by atoms with van der Waals surface area (Å²) in [6, 6.07) is 16.1. The van der Waals surface area contributed by atoms with E-state index in [9.17, 15) is 19.2 Å². The van der Waals surface area contributed by atoms with Crippen LogP contribution in [-0.2, 0) is 17.7 Å². The molecule has 0 aliphatic carbocycles. The van der Waals surface area contributed by atoms with Gasteiger partial charge in [-0.2, -0.15) is 0 Å². The average molecular weight is 444 g/mol. The number of amides is 2. The van der Waals surface area contributed by atoms with Gasteiger partial charge in [0.25, 0.3) is 11.8 Å². The molecule has 0 atom stereocenters. The van der Waals surface area contributed by atoms with E-state index in [-0.39, 0.29) is 22.5 Å². The van der Waals surface area contributed by atoms with Crippen molar-refractivity contribution in [2.24, 2.45) is 0 Å². The third-order valence-corrected chi connectivity index (χ3v) is 6.00. The van der Waals surface area contributed by atoms with Crippen LogP contribution >= 0.6 is 0 Å². The van der Waals surface area contributed by atoms with Gasteiger partial charge in [-0.3, -0.25) is 19.3 Å². The number of ether oxygens (including phenoxy) is 1. The number of carbonyl (C=O) groups is 4. The highest BCUT2D eigenvalue weighted by atomic mass is 16.5. The van der Waals surface area contributed by atoms with Crippen LogP contribution in [0.25, 0.3) is 0 Å². The lowest BCUT2D eigenvalue weighted by Gasteiger charge is -2.10. The van der Waals surface area contributed by atoms with Crippen LogP contribution in [0.15, 0.2) is 54.6 Å². The maximum atomic E-state index is 12.8. The van der Waals surface area contributed by atoms with E-state index in [1.54, 1.807) is 0 Å². The van der Waals surface area contributed by atoms with Gasteiger partial charge in [0, 0.05) is 30.5 Å². The minimum Gasteiger partial charge on any atom is -0.454 e. The summed E-state index contributed by atoms with van der Waals surface area (Å²) in [5.74, 6) is -1.90. The zero-order chi connectivity index (χ0) is 23.7. The number of esters is 1. The molecule has 1 aliphatic rings. The molecule has 33 heavy (non-hydrogen) atoms. The molecule has 0 N–H and O–H groups in total. The molecule has 0 spiro atoms. The summed E-state index contributed by atoms with van der Waals surface area (Å²) in [4.78, 5) is 50.4. The Morgan fingerprint density at radius 3 is 2.33 bits per heavy atom. The number of ketones is 1. The first-order valence-corrected chi connectivity index (χ1v) is 10.7. The van der Waals surface area contributed by atoms with Crippen molar-refractivity contribution in [3.05, 3.63) is 93.8 Å². The molecule has 7 nitrogen and oxygen atoms in total. The lowest BCUT2D eigenvalue weighted by atomic mass is 10.1. The number of aryl methyl sites for hydroxylation is 2. The van der Waals surface area contributed by atoms with Crippen molar-refractivity contribution >= 4 is 23.6 Å². The van der Waals surface area contributed by atoms with Crippen molar-refractivity contribution in [3.63, 3.8) is 0 Å². The van der Waals surface area contributed by atoms with E-state index in [0.29, 0.717) is 5.56 Å². The van der Waals surface area contributed by atoms with Gasteiger partial charge in [0.05, 0.1) is 16.7 Å². The fourth-order valence-electron chi connectivity index (χ4n) is 4.09. The summed E-state index contributed by atoms with van der Waals surface area (Å²) in [6.45, 7) is 4.16. The zero-order valence-electron chi connectivity index (χ0n) is 18.8. The average Bonchev–Trinajstić information content (AvgIpc) is 3.23. The number of rotatable bonds is 7. The topological polar surface area (TPSA) is 85.7 Å². The van der Waals surface area contributed by atoms with Gasteiger partial charge in [-0.15, -0.1) is 0 Å². The fraction of sp³-hybridized carbons (Fsp3) is 0.231. The number of hydrogen-bond donors (Lipinski definition) is 0. The van der Waals surface area contributed by atoms with Crippen LogP contribution in [0.5, 0.6) is 0 Å². The molecule has 0 fully saturated rings. The third kappa shape index (κ3) is 4.22. The van der Waals surface area contributed by atoms with Crippen molar-refractivity contribution in [2.75, 3.05) is 13.7 Å². The Kier molecular flexibility index (Phi) is 5.96. The van der Waals surface area contributed by atoms with Crippen LogP contribution in [0.4, 0.5) is 0 Å². The molecule has 3 aromatic rings. The van der Waals surface area contributed by atoms with Gasteiger partial charge in [0.15, 0.2) is 6.61 Å². The monoisotopic (exact) mass is 444 g/mol. The van der Waals surface area contributed by atoms with Crippen LogP contribution in [0, 0.1) is 13.8 Å². The Balaban J connectivity index is 1.42. The van der Waals surface area contributed by atoms with E-state index in [4.69, 9.17) is 4.74 Å². The number of Topliss-reactive ketones (excluding diaryl/α,β-unsaturated/α-hetero) is 1. The van der Waals surface area contributed by atoms with Gasteiger partial charge >= 0.3 is 5.97 Å². The number of imide groups is 1. The molecule has 0 saturated heterocycles. The molecule has 168 valence electrons. The third-order valence-electron chi connectivity index (χ3n) is 6.00. The summed E-state index contributed by atoms with van der Waals surface area (Å²) in [5, 5.41) is 0. The maximum Gasteiger partial charge on any atom is 0.338 e. The summed E-state index contributed by atoms with van der Waals surface area (Å²) in [5.41, 5.74) is 4.05. The van der Waals surface area contributed by atoms with Gasteiger partial charge in [-0.25, -0.2) is 4.79 Å². The number of aromatic nitrogens is 1. The summed E-state index contributed by atoms with van der Waals surface area (Å²) < 4.78 is 7.30. The van der Waals surface area contributed by atoms with E-state index in [2.05, 4.69) is 16.7 Å². The Hall–Kier alpha value is -4.00. The molecule has 2 amide bonds. The Labute approximate surface area is 191 Å². The quantitative estimate of drug-likeness (QED) is 0.316. The predicted molar refractivity (Wildman–Crippen MR) is 122 cm³/mol. The number of benzene rings is 2. The second kappa shape index (κ2) is 8.86. The van der Waals surface area contributed by atoms with Crippen LogP contribution < -0.4 is 0 Å². The van der Waals surface area contributed by atoms with Gasteiger partial charge in [0.2, 0.25) is 5.78 Å². The Morgan fingerprint density at radius 1 is 0.909 bits per heavy atom. The second-order valence-corrected chi connectivity index (χ2v) is 8.10. The molecule has 2 aromatic carbocycles. The van der Waals surface area contributed by atoms with Crippen LogP contribution in [0.2, 0.25) is 0 Å². The van der Waals surface area contributed by atoms with Crippen molar-refractivity contribution < 1.29 is 23.9 Å². The second-order valence-electron chi connectivity index (χ2n) is 8.10. The largest absolute Gasteiger partial charge is 0.454 e. The minimum absolute atomic E-state index is 0.117. The van der Waals surface area contributed by atoms with Crippen molar-refractivity contribution in [1.29, 1.82) is 0 Å². The first-order chi connectivity index (χ1) is 15.8. The first kappa shape index (κ1) is 22.2. The molecule has 4 rings (SSSR count). The minimum atomic E-state index is -0.723. The van der Waals surface area contributed by atoms with Crippen molar-refractivity contribution in [1.82, 2.24) is 9.47 Å². The molecule has 0 unspecified atom stereocenters. The first-order valence-electron chi connectivity index (χ1n) is 10.7. The van der Waals surface area contributed by atoms with E-state index in [0.717, 1.165) is 29.3 Å². The van der Waals surface area contributed by atoms with Gasteiger partial charge in [0.1, 0.15) is 0 Å². The molecule has 0 radical (unpaired) electrons. The molecule has 0 saturated carbocycles. The molecule has 1 aromatic heterocycles. The Morgan fingerprint density at radius 2 is 1.61 bits per heavy atom. The van der Waals surface area contributed by atoms with Gasteiger partial charge < -0.3 is 9.30 Å². The van der Waals surface area contributed by atoms with Crippen LogP contribution in [0.3, 0.4) is 0 Å². The number of carbonyl (C=O) groups excluding carboxylic acids is 4. The smallest absolute Gasteiger partial charge is 0.338 e. The molecule has 7 heteroatoms. The van der Waals surface area contributed by atoms with Gasteiger partial charge in [-0.1, -0.05) is 30.3 Å². The van der Waals surface area contributed by atoms with E-state index < -0.39 is 24.4 Å².